The molecule has 2 atom stereocenters. The molecule has 1 unspecified atom stereocenters. The lowest BCUT2D eigenvalue weighted by Crippen LogP contribution is -2.52. The van der Waals surface area contributed by atoms with E-state index in [4.69, 9.17) is 5.10 Å². The fourth-order valence-corrected chi connectivity index (χ4v) is 6.45. The molecule has 1 amide bonds. The average molecular weight is 541 g/mol. The van der Waals surface area contributed by atoms with Crippen LogP contribution in [-0.4, -0.2) is 46.9 Å². The molecule has 1 saturated heterocycles. The van der Waals surface area contributed by atoms with Crippen molar-refractivity contribution in [1.82, 2.24) is 25.9 Å². The smallest absolute Gasteiger partial charge is 0.223 e. The van der Waals surface area contributed by atoms with Crippen molar-refractivity contribution in [3.05, 3.63) is 94.3 Å². The molecule has 7 nitrogen and oxygen atoms in total. The maximum Gasteiger partial charge on any atom is 0.223 e. The zero-order valence-corrected chi connectivity index (χ0v) is 22.9. The molecule has 0 aliphatic carbocycles. The fraction of sp³-hybridized carbons (Fsp3) is 0.355. The first kappa shape index (κ1) is 25.6. The number of aromatic nitrogens is 1. The molecule has 6 rings (SSSR count). The Labute approximate surface area is 233 Å². The average Bonchev–Trinajstić information content (AvgIpc) is 3.74. The van der Waals surface area contributed by atoms with Crippen LogP contribution < -0.4 is 16.1 Å². The molecule has 39 heavy (non-hydrogen) atoms. The molecule has 0 spiro atoms. The van der Waals surface area contributed by atoms with Crippen molar-refractivity contribution in [2.75, 3.05) is 13.1 Å². The van der Waals surface area contributed by atoms with Gasteiger partial charge in [-0.2, -0.15) is 5.10 Å². The number of carbonyl (C=O) groups is 1. The van der Waals surface area contributed by atoms with Gasteiger partial charge < -0.3 is 20.5 Å². The molecular formula is C31H36N6OS. The minimum Gasteiger partial charge on any atom is -0.361 e. The minimum atomic E-state index is -0.235. The number of thiophene rings is 1. The number of rotatable bonds is 10. The topological polar surface area (TPSA) is 84.5 Å². The van der Waals surface area contributed by atoms with E-state index in [2.05, 4.69) is 98.2 Å². The van der Waals surface area contributed by atoms with Crippen LogP contribution in [0.2, 0.25) is 0 Å². The van der Waals surface area contributed by atoms with Gasteiger partial charge in [-0.3, -0.25) is 10.2 Å². The summed E-state index contributed by atoms with van der Waals surface area (Å²) in [5.74, 6) is 1.08. The highest BCUT2D eigenvalue weighted by molar-refractivity contribution is 7.09. The van der Waals surface area contributed by atoms with Crippen LogP contribution in [0.15, 0.2) is 83.4 Å². The maximum absolute atomic E-state index is 13.5. The summed E-state index contributed by atoms with van der Waals surface area (Å²) in [6.07, 6.45) is 6.43. The number of carbonyl (C=O) groups excluding carboxylic acids is 1. The first-order valence-corrected chi connectivity index (χ1v) is 14.8. The molecular weight excluding hydrogens is 504 g/mol. The van der Waals surface area contributed by atoms with E-state index in [1.807, 2.05) is 6.07 Å². The first-order valence-electron chi connectivity index (χ1n) is 14.0. The number of fused-ring (bicyclic) bond motifs is 1. The number of nitrogens with zero attached hydrogens (tertiary/aromatic N) is 2. The van der Waals surface area contributed by atoms with E-state index in [1.54, 1.807) is 11.3 Å². The Balaban J connectivity index is 1.27. The van der Waals surface area contributed by atoms with Crippen molar-refractivity contribution >= 4 is 34.0 Å². The van der Waals surface area contributed by atoms with Crippen molar-refractivity contribution in [2.45, 2.75) is 50.9 Å². The molecule has 2 aromatic heterocycles. The molecule has 4 heterocycles. The van der Waals surface area contributed by atoms with E-state index in [-0.39, 0.29) is 24.0 Å². The summed E-state index contributed by atoms with van der Waals surface area (Å²) in [7, 11) is 0. The summed E-state index contributed by atoms with van der Waals surface area (Å²) >= 11 is 1.76. The molecule has 4 N–H and O–H groups in total. The third-order valence-electron chi connectivity index (χ3n) is 7.89. The third kappa shape index (κ3) is 6.02. The molecule has 2 aliphatic heterocycles. The molecule has 2 aromatic carbocycles. The molecule has 1 fully saturated rings. The quantitative estimate of drug-likeness (QED) is 0.236. The van der Waals surface area contributed by atoms with Crippen LogP contribution in [0.5, 0.6) is 0 Å². The van der Waals surface area contributed by atoms with E-state index < -0.39 is 0 Å². The number of aromatic amines is 1. The zero-order valence-electron chi connectivity index (χ0n) is 22.1. The number of hydrogen-bond acceptors (Lipinski definition) is 6. The molecule has 8 heteroatoms. The van der Waals surface area contributed by atoms with Crippen molar-refractivity contribution < 1.29 is 4.79 Å². The monoisotopic (exact) mass is 540 g/mol. The Hall–Kier alpha value is -3.62. The normalized spacial score (nSPS) is 18.6. The van der Waals surface area contributed by atoms with Gasteiger partial charge in [0.1, 0.15) is 12.0 Å². The van der Waals surface area contributed by atoms with Gasteiger partial charge in [-0.25, -0.2) is 0 Å². The number of amides is 1. The number of hydrazone groups is 1. The minimum absolute atomic E-state index is 0.0336. The SMILES string of the molecule is O=C(N[C@H](Cc1c[nH]c2ccccc12)C1=NNC(CCc2ccccc2)N1Cc1cccs1)C1CCNCC1. The van der Waals surface area contributed by atoms with Gasteiger partial charge in [-0.05, 0) is 67.4 Å². The van der Waals surface area contributed by atoms with E-state index in [1.165, 1.54) is 21.4 Å². The Morgan fingerprint density at radius 1 is 1.05 bits per heavy atom. The van der Waals surface area contributed by atoms with E-state index in [0.29, 0.717) is 6.42 Å². The predicted octanol–water partition coefficient (Wildman–Crippen LogP) is 4.63. The standard InChI is InChI=1S/C31H36N6OS/c38-31(23-14-16-32-17-15-23)34-28(19-24-20-33-27-11-5-4-10-26(24)27)30-36-35-29(13-12-22-7-2-1-3-8-22)37(30)21-25-9-6-18-39-25/h1-11,18,20,23,28-29,32-33,35H,12-17,19,21H2,(H,34,38)/t28-,29?/m1/s1. The summed E-state index contributed by atoms with van der Waals surface area (Å²) in [5, 5.41) is 15.0. The van der Waals surface area contributed by atoms with E-state index in [9.17, 15) is 4.79 Å². The number of benzene rings is 2. The first-order chi connectivity index (χ1) is 19.2. The highest BCUT2D eigenvalue weighted by atomic mass is 32.1. The van der Waals surface area contributed by atoms with Crippen LogP contribution in [0.3, 0.4) is 0 Å². The second-order valence-electron chi connectivity index (χ2n) is 10.5. The molecule has 4 aromatic rings. The Morgan fingerprint density at radius 3 is 2.69 bits per heavy atom. The Morgan fingerprint density at radius 2 is 1.87 bits per heavy atom. The number of piperidine rings is 1. The van der Waals surface area contributed by atoms with Gasteiger partial charge in [0.2, 0.25) is 5.91 Å². The van der Waals surface area contributed by atoms with Crippen molar-refractivity contribution in [3.63, 3.8) is 0 Å². The Kier molecular flexibility index (Phi) is 7.93. The molecule has 0 saturated carbocycles. The molecule has 0 bridgehead atoms. The number of hydrogen-bond donors (Lipinski definition) is 4. The van der Waals surface area contributed by atoms with Crippen LogP contribution in [0.4, 0.5) is 0 Å². The highest BCUT2D eigenvalue weighted by Gasteiger charge is 2.35. The fourth-order valence-electron chi connectivity index (χ4n) is 5.74. The van der Waals surface area contributed by atoms with E-state index in [0.717, 1.165) is 56.7 Å². The van der Waals surface area contributed by atoms with Gasteiger partial charge in [0.25, 0.3) is 0 Å². The number of amidine groups is 1. The van der Waals surface area contributed by atoms with Gasteiger partial charge in [0.05, 0.1) is 12.6 Å². The number of nitrogens with one attached hydrogen (secondary N) is 4. The van der Waals surface area contributed by atoms with Crippen LogP contribution >= 0.6 is 11.3 Å². The van der Waals surface area contributed by atoms with Gasteiger partial charge in [0, 0.05) is 34.3 Å². The van der Waals surface area contributed by atoms with Crippen LogP contribution in [0.1, 0.15) is 35.3 Å². The summed E-state index contributed by atoms with van der Waals surface area (Å²) in [5.41, 5.74) is 7.05. The lowest BCUT2D eigenvalue weighted by molar-refractivity contribution is -0.126. The number of aryl methyl sites for hydroxylation is 1. The van der Waals surface area contributed by atoms with Crippen LogP contribution in [-0.2, 0) is 24.2 Å². The van der Waals surface area contributed by atoms with Gasteiger partial charge >= 0.3 is 0 Å². The van der Waals surface area contributed by atoms with Gasteiger partial charge in [0.15, 0.2) is 0 Å². The van der Waals surface area contributed by atoms with Crippen molar-refractivity contribution in [1.29, 1.82) is 0 Å². The molecule has 2 aliphatic rings. The van der Waals surface area contributed by atoms with Crippen molar-refractivity contribution in [2.24, 2.45) is 11.0 Å². The lowest BCUT2D eigenvalue weighted by Gasteiger charge is -2.32. The van der Waals surface area contributed by atoms with E-state index >= 15 is 0 Å². The van der Waals surface area contributed by atoms with Gasteiger partial charge in [-0.1, -0.05) is 54.6 Å². The lowest BCUT2D eigenvalue weighted by atomic mass is 9.95. The second-order valence-corrected chi connectivity index (χ2v) is 11.5. The van der Waals surface area contributed by atoms with Crippen LogP contribution in [0, 0.1) is 5.92 Å². The maximum atomic E-state index is 13.5. The molecule has 0 radical (unpaired) electrons. The summed E-state index contributed by atoms with van der Waals surface area (Å²) in [4.78, 5) is 20.6. The summed E-state index contributed by atoms with van der Waals surface area (Å²) in [6.45, 7) is 2.54. The third-order valence-corrected chi connectivity index (χ3v) is 8.75. The van der Waals surface area contributed by atoms with Crippen molar-refractivity contribution in [3.8, 4) is 0 Å². The molecule has 202 valence electrons. The van der Waals surface area contributed by atoms with Gasteiger partial charge in [-0.15, -0.1) is 11.3 Å². The number of para-hydroxylation sites is 1. The largest absolute Gasteiger partial charge is 0.361 e. The predicted molar refractivity (Wildman–Crippen MR) is 159 cm³/mol. The number of H-pyrrole nitrogens is 1. The van der Waals surface area contributed by atoms with Crippen LogP contribution in [0.25, 0.3) is 10.9 Å². The highest BCUT2D eigenvalue weighted by Crippen LogP contribution is 2.25. The second kappa shape index (κ2) is 12.1. The zero-order chi connectivity index (χ0) is 26.4. The summed E-state index contributed by atoms with van der Waals surface area (Å²) in [6, 6.07) is 23.0. The summed E-state index contributed by atoms with van der Waals surface area (Å²) < 4.78 is 0. The Bertz CT molecular complexity index is 1390.